The summed E-state index contributed by atoms with van der Waals surface area (Å²) < 4.78 is 5.26. The van der Waals surface area contributed by atoms with Crippen LogP contribution in [0.1, 0.15) is 75.8 Å². The first kappa shape index (κ1) is 21.8. The Bertz CT molecular complexity index is 711. The van der Waals surface area contributed by atoms with Gasteiger partial charge in [-0.25, -0.2) is 14.8 Å². The summed E-state index contributed by atoms with van der Waals surface area (Å²) in [6.45, 7) is 4.37. The zero-order chi connectivity index (χ0) is 20.0. The number of ether oxygens (including phenoxy) is 1. The van der Waals surface area contributed by atoms with Crippen LogP contribution in [0.2, 0.25) is 0 Å². The summed E-state index contributed by atoms with van der Waals surface area (Å²) in [5.74, 6) is -0.225. The Labute approximate surface area is 169 Å². The molecule has 0 N–H and O–H groups in total. The van der Waals surface area contributed by atoms with E-state index in [1.165, 1.54) is 37.3 Å². The van der Waals surface area contributed by atoms with Gasteiger partial charge in [-0.2, -0.15) is 0 Å². The first-order valence-corrected chi connectivity index (χ1v) is 10.5. The van der Waals surface area contributed by atoms with Gasteiger partial charge in [0.1, 0.15) is 0 Å². The molecule has 0 radical (unpaired) electrons. The van der Waals surface area contributed by atoms with Crippen molar-refractivity contribution in [2.75, 3.05) is 0 Å². The number of aromatic nitrogens is 2. The van der Waals surface area contributed by atoms with Crippen LogP contribution in [0, 0.1) is 0 Å². The topological polar surface area (TPSA) is 52.1 Å². The number of hydrogen-bond donors (Lipinski definition) is 0. The Morgan fingerprint density at radius 1 is 1.00 bits per heavy atom. The van der Waals surface area contributed by atoms with E-state index in [0.717, 1.165) is 31.2 Å². The molecular formula is C24H32N2O2. The molecule has 0 saturated heterocycles. The smallest absolute Gasteiger partial charge is 0.338 e. The molecule has 0 amide bonds. The van der Waals surface area contributed by atoms with E-state index >= 15 is 0 Å². The molecule has 4 nitrogen and oxygen atoms in total. The molecule has 1 atom stereocenters. The Balaban J connectivity index is 1.92. The zero-order valence-electron chi connectivity index (χ0n) is 17.1. The van der Waals surface area contributed by atoms with Gasteiger partial charge in [-0.05, 0) is 30.4 Å². The summed E-state index contributed by atoms with van der Waals surface area (Å²) in [5.41, 5.74) is 2.29. The number of rotatable bonds is 12. The molecule has 150 valence electrons. The SMILES string of the molecule is CCCCCc1cnc(OC(=O)C=CC(CCCCC)c2ccccc2)nc1. The zero-order valence-corrected chi connectivity index (χ0v) is 17.1. The van der Waals surface area contributed by atoms with E-state index in [2.05, 4.69) is 35.9 Å². The van der Waals surface area contributed by atoms with E-state index in [0.29, 0.717) is 0 Å². The van der Waals surface area contributed by atoms with Crippen molar-refractivity contribution in [3.05, 3.63) is 66.0 Å². The molecule has 1 aromatic carbocycles. The molecule has 0 bridgehead atoms. The van der Waals surface area contributed by atoms with Crippen molar-refractivity contribution in [2.45, 2.75) is 71.1 Å². The van der Waals surface area contributed by atoms with Crippen molar-refractivity contribution in [3.63, 3.8) is 0 Å². The van der Waals surface area contributed by atoms with Crippen LogP contribution in [0.15, 0.2) is 54.9 Å². The van der Waals surface area contributed by atoms with Gasteiger partial charge in [-0.15, -0.1) is 0 Å². The molecule has 1 heterocycles. The number of carbonyl (C=O) groups excluding carboxylic acids is 1. The average Bonchev–Trinajstić information content (AvgIpc) is 2.73. The number of unbranched alkanes of at least 4 members (excludes halogenated alkanes) is 4. The second-order valence-electron chi connectivity index (χ2n) is 7.12. The van der Waals surface area contributed by atoms with Crippen LogP contribution in [0.3, 0.4) is 0 Å². The average molecular weight is 381 g/mol. The van der Waals surface area contributed by atoms with Gasteiger partial charge in [0.2, 0.25) is 0 Å². The minimum atomic E-state index is -0.435. The fraction of sp³-hybridized carbons (Fsp3) is 0.458. The van der Waals surface area contributed by atoms with E-state index in [9.17, 15) is 4.79 Å². The molecular weight excluding hydrogens is 348 g/mol. The first-order chi connectivity index (χ1) is 13.7. The molecule has 0 aliphatic rings. The highest BCUT2D eigenvalue weighted by Crippen LogP contribution is 2.24. The number of nitrogens with zero attached hydrogens (tertiary/aromatic N) is 2. The minimum absolute atomic E-state index is 0.108. The number of benzene rings is 1. The second-order valence-corrected chi connectivity index (χ2v) is 7.12. The molecule has 1 unspecified atom stereocenters. The van der Waals surface area contributed by atoms with Crippen molar-refractivity contribution in [1.29, 1.82) is 0 Å². The highest BCUT2D eigenvalue weighted by atomic mass is 16.5. The lowest BCUT2D eigenvalue weighted by atomic mass is 9.93. The predicted octanol–water partition coefficient (Wildman–Crippen LogP) is 6.04. The van der Waals surface area contributed by atoms with E-state index in [-0.39, 0.29) is 11.9 Å². The molecule has 0 fully saturated rings. The summed E-state index contributed by atoms with van der Waals surface area (Å²) in [6.07, 6.45) is 15.9. The maximum absolute atomic E-state index is 12.2. The molecule has 0 aliphatic heterocycles. The van der Waals surface area contributed by atoms with Gasteiger partial charge in [0.05, 0.1) is 0 Å². The lowest BCUT2D eigenvalue weighted by molar-refractivity contribution is -0.129. The molecule has 2 aromatic rings. The quantitative estimate of drug-likeness (QED) is 0.256. The lowest BCUT2D eigenvalue weighted by Crippen LogP contribution is -2.08. The normalized spacial score (nSPS) is 12.2. The first-order valence-electron chi connectivity index (χ1n) is 10.5. The third-order valence-corrected chi connectivity index (χ3v) is 4.75. The molecule has 28 heavy (non-hydrogen) atoms. The molecule has 1 aromatic heterocycles. The summed E-state index contributed by atoms with van der Waals surface area (Å²) in [4.78, 5) is 20.5. The van der Waals surface area contributed by atoms with Crippen molar-refractivity contribution in [3.8, 4) is 6.01 Å². The summed E-state index contributed by atoms with van der Waals surface area (Å²) in [5, 5.41) is 0. The van der Waals surface area contributed by atoms with Crippen LogP contribution in [0.5, 0.6) is 6.01 Å². The Hall–Kier alpha value is -2.49. The third kappa shape index (κ3) is 8.03. The van der Waals surface area contributed by atoms with Crippen LogP contribution in [0.25, 0.3) is 0 Å². The van der Waals surface area contributed by atoms with Crippen LogP contribution >= 0.6 is 0 Å². The van der Waals surface area contributed by atoms with E-state index < -0.39 is 5.97 Å². The number of esters is 1. The number of hydrogen-bond acceptors (Lipinski definition) is 4. The number of allylic oxidation sites excluding steroid dienone is 1. The lowest BCUT2D eigenvalue weighted by Gasteiger charge is -2.13. The molecule has 0 spiro atoms. The number of aryl methyl sites for hydroxylation is 1. The predicted molar refractivity (Wildman–Crippen MR) is 113 cm³/mol. The molecule has 4 heteroatoms. The Kier molecular flexibility index (Phi) is 9.98. The summed E-state index contributed by atoms with van der Waals surface area (Å²) >= 11 is 0. The van der Waals surface area contributed by atoms with E-state index in [1.54, 1.807) is 12.4 Å². The van der Waals surface area contributed by atoms with Gasteiger partial charge in [0, 0.05) is 24.4 Å². The Morgan fingerprint density at radius 3 is 2.36 bits per heavy atom. The Morgan fingerprint density at radius 2 is 1.68 bits per heavy atom. The van der Waals surface area contributed by atoms with Crippen molar-refractivity contribution in [2.24, 2.45) is 0 Å². The molecule has 0 saturated carbocycles. The molecule has 0 aliphatic carbocycles. The molecule has 2 rings (SSSR count). The summed E-state index contributed by atoms with van der Waals surface area (Å²) in [6, 6.07) is 10.4. The van der Waals surface area contributed by atoms with Crippen molar-refractivity contribution >= 4 is 5.97 Å². The number of carbonyl (C=O) groups is 1. The van der Waals surface area contributed by atoms with Crippen LogP contribution in [0.4, 0.5) is 0 Å². The fourth-order valence-electron chi connectivity index (χ4n) is 3.11. The van der Waals surface area contributed by atoms with Gasteiger partial charge in [0.15, 0.2) is 0 Å². The van der Waals surface area contributed by atoms with Gasteiger partial charge >= 0.3 is 12.0 Å². The standard InChI is InChI=1S/C24H32N2O2/c1-3-5-8-12-20-18-25-24(26-19-20)28-23(27)17-16-22(13-9-6-4-2)21-14-10-7-11-15-21/h7,10-11,14-19,22H,3-6,8-9,12-13H2,1-2H3. The third-order valence-electron chi connectivity index (χ3n) is 4.75. The van der Waals surface area contributed by atoms with Crippen molar-refractivity contribution < 1.29 is 9.53 Å². The van der Waals surface area contributed by atoms with Gasteiger partial charge in [0.25, 0.3) is 0 Å². The monoisotopic (exact) mass is 380 g/mol. The maximum Gasteiger partial charge on any atom is 0.338 e. The van der Waals surface area contributed by atoms with E-state index in [4.69, 9.17) is 4.74 Å². The highest BCUT2D eigenvalue weighted by molar-refractivity contribution is 5.83. The van der Waals surface area contributed by atoms with Gasteiger partial charge in [-0.1, -0.05) is 82.4 Å². The van der Waals surface area contributed by atoms with Gasteiger partial charge in [-0.3, -0.25) is 0 Å². The van der Waals surface area contributed by atoms with Crippen LogP contribution in [-0.4, -0.2) is 15.9 Å². The largest absolute Gasteiger partial charge is 0.388 e. The second kappa shape index (κ2) is 12.8. The van der Waals surface area contributed by atoms with Crippen LogP contribution < -0.4 is 4.74 Å². The van der Waals surface area contributed by atoms with Gasteiger partial charge < -0.3 is 4.74 Å². The van der Waals surface area contributed by atoms with Crippen molar-refractivity contribution in [1.82, 2.24) is 9.97 Å². The van der Waals surface area contributed by atoms with E-state index in [1.807, 2.05) is 24.3 Å². The summed E-state index contributed by atoms with van der Waals surface area (Å²) in [7, 11) is 0. The fourth-order valence-corrected chi connectivity index (χ4v) is 3.11. The maximum atomic E-state index is 12.2. The highest BCUT2D eigenvalue weighted by Gasteiger charge is 2.10. The van der Waals surface area contributed by atoms with Crippen LogP contribution in [-0.2, 0) is 11.2 Å². The minimum Gasteiger partial charge on any atom is -0.388 e.